The van der Waals surface area contributed by atoms with E-state index in [-0.39, 0.29) is 0 Å². The fourth-order valence-electron chi connectivity index (χ4n) is 2.42. The minimum Gasteiger partial charge on any atom is -0.328 e. The molecule has 2 nitrogen and oxygen atoms in total. The Morgan fingerprint density at radius 2 is 2.11 bits per heavy atom. The molecule has 2 unspecified atom stereocenters. The Hall–Kier alpha value is -0.510. The maximum Gasteiger partial charge on any atom is 0.0108 e. The lowest BCUT2D eigenvalue weighted by atomic mass is 10.0. The summed E-state index contributed by atoms with van der Waals surface area (Å²) in [5.41, 5.74) is 7.29. The quantitative estimate of drug-likeness (QED) is 0.829. The van der Waals surface area contributed by atoms with Crippen LogP contribution in [0.25, 0.3) is 0 Å². The maximum atomic E-state index is 5.96. The predicted molar refractivity (Wildman–Crippen MR) is 80.1 cm³/mol. The number of hydrogen-bond donors (Lipinski definition) is 1. The highest BCUT2D eigenvalue weighted by molar-refractivity contribution is 7.99. The van der Waals surface area contributed by atoms with Gasteiger partial charge in [-0.3, -0.25) is 0 Å². The average molecular weight is 264 g/mol. The van der Waals surface area contributed by atoms with Crippen molar-refractivity contribution in [2.24, 2.45) is 11.7 Å². The van der Waals surface area contributed by atoms with E-state index in [1.54, 1.807) is 0 Å². The first-order chi connectivity index (χ1) is 8.65. The summed E-state index contributed by atoms with van der Waals surface area (Å²) in [7, 11) is 0. The first-order valence-corrected chi connectivity index (χ1v) is 7.81. The highest BCUT2D eigenvalue weighted by Crippen LogP contribution is 2.21. The highest BCUT2D eigenvalue weighted by Gasteiger charge is 2.24. The number of likely N-dealkylation sites (tertiary alicyclic amines) is 1. The van der Waals surface area contributed by atoms with Crippen LogP contribution >= 0.6 is 11.8 Å². The molecule has 0 amide bonds. The van der Waals surface area contributed by atoms with Gasteiger partial charge >= 0.3 is 0 Å². The third-order valence-electron chi connectivity index (χ3n) is 3.75. The number of thioether (sulfide) groups is 1. The van der Waals surface area contributed by atoms with Crippen molar-refractivity contribution in [3.05, 3.63) is 29.8 Å². The summed E-state index contributed by atoms with van der Waals surface area (Å²) in [6.45, 7) is 7.86. The van der Waals surface area contributed by atoms with Crippen LogP contribution < -0.4 is 5.73 Å². The zero-order valence-electron chi connectivity index (χ0n) is 11.4. The standard InChI is InChI=1S/C15H24N2S/c1-12-3-5-15(6-4-12)18-10-9-17-8-7-14(11-17)13(2)16/h3-6,13-14H,7-11,16H2,1-2H3. The summed E-state index contributed by atoms with van der Waals surface area (Å²) in [5.74, 6) is 1.88. The van der Waals surface area contributed by atoms with E-state index in [1.165, 1.54) is 42.3 Å². The molecule has 0 aliphatic carbocycles. The largest absolute Gasteiger partial charge is 0.328 e. The van der Waals surface area contributed by atoms with Crippen LogP contribution in [0.5, 0.6) is 0 Å². The molecule has 100 valence electrons. The minimum absolute atomic E-state index is 0.347. The molecule has 0 saturated carbocycles. The van der Waals surface area contributed by atoms with Crippen LogP contribution in [0.15, 0.2) is 29.2 Å². The van der Waals surface area contributed by atoms with E-state index in [0.29, 0.717) is 12.0 Å². The van der Waals surface area contributed by atoms with E-state index in [9.17, 15) is 0 Å². The summed E-state index contributed by atoms with van der Waals surface area (Å²) in [6.07, 6.45) is 1.27. The van der Waals surface area contributed by atoms with Crippen LogP contribution in [-0.2, 0) is 0 Å². The Kier molecular flexibility index (Phi) is 5.10. The number of rotatable bonds is 5. The molecule has 1 fully saturated rings. The van der Waals surface area contributed by atoms with Gasteiger partial charge in [-0.05, 0) is 44.9 Å². The molecule has 18 heavy (non-hydrogen) atoms. The molecule has 2 N–H and O–H groups in total. The monoisotopic (exact) mass is 264 g/mol. The van der Waals surface area contributed by atoms with Crippen LogP contribution in [-0.4, -0.2) is 36.3 Å². The number of nitrogens with two attached hydrogens (primary N) is 1. The van der Waals surface area contributed by atoms with Gasteiger partial charge in [0.1, 0.15) is 0 Å². The Bertz CT molecular complexity index is 361. The van der Waals surface area contributed by atoms with Crippen LogP contribution in [0.1, 0.15) is 18.9 Å². The Morgan fingerprint density at radius 3 is 2.72 bits per heavy atom. The molecular formula is C15H24N2S. The van der Waals surface area contributed by atoms with Crippen molar-refractivity contribution in [2.75, 3.05) is 25.4 Å². The molecule has 1 heterocycles. The third kappa shape index (κ3) is 4.01. The molecule has 1 aromatic rings. The molecule has 0 aromatic heterocycles. The van der Waals surface area contributed by atoms with Gasteiger partial charge < -0.3 is 10.6 Å². The van der Waals surface area contributed by atoms with Gasteiger partial charge in [-0.1, -0.05) is 17.7 Å². The Morgan fingerprint density at radius 1 is 1.39 bits per heavy atom. The molecular weight excluding hydrogens is 240 g/mol. The molecule has 2 atom stereocenters. The lowest BCUT2D eigenvalue weighted by Gasteiger charge is -2.17. The van der Waals surface area contributed by atoms with Crippen LogP contribution in [0.4, 0.5) is 0 Å². The fourth-order valence-corrected chi connectivity index (χ4v) is 3.34. The zero-order chi connectivity index (χ0) is 13.0. The average Bonchev–Trinajstić information content (AvgIpc) is 2.81. The second-order valence-corrected chi connectivity index (χ2v) is 6.54. The molecule has 1 saturated heterocycles. The topological polar surface area (TPSA) is 29.3 Å². The van der Waals surface area contributed by atoms with Crippen molar-refractivity contribution < 1.29 is 0 Å². The van der Waals surface area contributed by atoms with Crippen LogP contribution in [0, 0.1) is 12.8 Å². The Balaban J connectivity index is 1.68. The second-order valence-electron chi connectivity index (χ2n) is 5.37. The van der Waals surface area contributed by atoms with Gasteiger partial charge in [-0.2, -0.15) is 0 Å². The van der Waals surface area contributed by atoms with E-state index in [1.807, 2.05) is 11.8 Å². The molecule has 1 aliphatic heterocycles. The van der Waals surface area contributed by atoms with Crippen molar-refractivity contribution in [3.8, 4) is 0 Å². The van der Waals surface area contributed by atoms with Gasteiger partial charge in [0, 0.05) is 29.8 Å². The van der Waals surface area contributed by atoms with Gasteiger partial charge in [0.05, 0.1) is 0 Å². The van der Waals surface area contributed by atoms with Crippen molar-refractivity contribution in [1.29, 1.82) is 0 Å². The van der Waals surface area contributed by atoms with Gasteiger partial charge in [0.2, 0.25) is 0 Å². The molecule has 3 heteroatoms. The SMILES string of the molecule is Cc1ccc(SCCN2CCC(C(C)N)C2)cc1. The summed E-state index contributed by atoms with van der Waals surface area (Å²) < 4.78 is 0. The fraction of sp³-hybridized carbons (Fsp3) is 0.600. The summed E-state index contributed by atoms with van der Waals surface area (Å²) >= 11 is 1.95. The van der Waals surface area contributed by atoms with Crippen molar-refractivity contribution in [2.45, 2.75) is 31.2 Å². The highest BCUT2D eigenvalue weighted by atomic mass is 32.2. The smallest absolute Gasteiger partial charge is 0.0108 e. The normalized spacial score (nSPS) is 22.3. The van der Waals surface area contributed by atoms with Crippen LogP contribution in [0.2, 0.25) is 0 Å². The van der Waals surface area contributed by atoms with Gasteiger partial charge in [-0.25, -0.2) is 0 Å². The lowest BCUT2D eigenvalue weighted by molar-refractivity contribution is 0.334. The second kappa shape index (κ2) is 6.60. The summed E-state index contributed by atoms with van der Waals surface area (Å²) in [6, 6.07) is 9.15. The van der Waals surface area contributed by atoms with E-state index in [4.69, 9.17) is 5.73 Å². The summed E-state index contributed by atoms with van der Waals surface area (Å²) in [5, 5.41) is 0. The van der Waals surface area contributed by atoms with Crippen molar-refractivity contribution in [3.63, 3.8) is 0 Å². The first kappa shape index (κ1) is 13.9. The van der Waals surface area contributed by atoms with Crippen LogP contribution in [0.3, 0.4) is 0 Å². The minimum atomic E-state index is 0.347. The van der Waals surface area contributed by atoms with E-state index in [2.05, 4.69) is 43.0 Å². The first-order valence-electron chi connectivity index (χ1n) is 6.82. The molecule has 2 rings (SSSR count). The Labute approximate surface area is 115 Å². The summed E-state index contributed by atoms with van der Waals surface area (Å²) in [4.78, 5) is 3.93. The number of hydrogen-bond acceptors (Lipinski definition) is 3. The van der Waals surface area contributed by atoms with Crippen molar-refractivity contribution in [1.82, 2.24) is 4.90 Å². The molecule has 0 radical (unpaired) electrons. The van der Waals surface area contributed by atoms with E-state index >= 15 is 0 Å². The molecule has 0 spiro atoms. The molecule has 0 bridgehead atoms. The number of nitrogens with zero attached hydrogens (tertiary/aromatic N) is 1. The van der Waals surface area contributed by atoms with E-state index < -0.39 is 0 Å². The number of benzene rings is 1. The third-order valence-corrected chi connectivity index (χ3v) is 4.74. The van der Waals surface area contributed by atoms with Gasteiger partial charge in [0.15, 0.2) is 0 Å². The van der Waals surface area contributed by atoms with Crippen molar-refractivity contribution >= 4 is 11.8 Å². The maximum absolute atomic E-state index is 5.96. The molecule has 1 aromatic carbocycles. The lowest BCUT2D eigenvalue weighted by Crippen LogP contribution is -2.30. The number of aryl methyl sites for hydroxylation is 1. The van der Waals surface area contributed by atoms with E-state index in [0.717, 1.165) is 0 Å². The zero-order valence-corrected chi connectivity index (χ0v) is 12.2. The van der Waals surface area contributed by atoms with Gasteiger partial charge in [0.25, 0.3) is 0 Å². The molecule has 1 aliphatic rings. The van der Waals surface area contributed by atoms with Gasteiger partial charge in [-0.15, -0.1) is 11.8 Å². The predicted octanol–water partition coefficient (Wildman–Crippen LogP) is 2.76.